The van der Waals surface area contributed by atoms with Gasteiger partial charge in [0.05, 0.1) is 14.2 Å². The fraction of sp³-hybridized carbons (Fsp3) is 0.545. The number of nitriles is 2. The molecule has 0 unspecified atom stereocenters. The van der Waals surface area contributed by atoms with Gasteiger partial charge in [-0.15, -0.1) is 0 Å². The van der Waals surface area contributed by atoms with Crippen molar-refractivity contribution in [3.8, 4) is 23.6 Å². The third-order valence-electron chi connectivity index (χ3n) is 6.75. The van der Waals surface area contributed by atoms with Gasteiger partial charge in [-0.05, 0) is 73.3 Å². The average molecular weight is 363 g/mol. The van der Waals surface area contributed by atoms with Crippen LogP contribution in [0, 0.1) is 40.4 Å². The van der Waals surface area contributed by atoms with Crippen LogP contribution in [0.25, 0.3) is 0 Å². The molecule has 0 heterocycles. The number of hydrogen-bond donors (Lipinski definition) is 1. The largest absolute Gasteiger partial charge is 0.493 e. The van der Waals surface area contributed by atoms with Crippen LogP contribution < -0.4 is 14.8 Å². The lowest BCUT2D eigenvalue weighted by Gasteiger charge is -2.57. The number of nitrogens with one attached hydrogen (secondary N) is 1. The van der Waals surface area contributed by atoms with E-state index in [2.05, 4.69) is 11.4 Å². The molecule has 140 valence electrons. The van der Waals surface area contributed by atoms with E-state index in [1.54, 1.807) is 14.2 Å². The first-order valence-corrected chi connectivity index (χ1v) is 9.64. The van der Waals surface area contributed by atoms with Gasteiger partial charge in [-0.3, -0.25) is 0 Å². The lowest BCUT2D eigenvalue weighted by molar-refractivity contribution is -0.00494. The molecule has 0 aliphatic heterocycles. The van der Waals surface area contributed by atoms with Gasteiger partial charge < -0.3 is 14.8 Å². The van der Waals surface area contributed by atoms with Crippen LogP contribution >= 0.6 is 0 Å². The molecule has 0 atom stereocenters. The number of ether oxygens (including phenoxy) is 2. The van der Waals surface area contributed by atoms with Crippen molar-refractivity contribution in [2.75, 3.05) is 19.5 Å². The van der Waals surface area contributed by atoms with E-state index in [1.165, 1.54) is 50.3 Å². The van der Waals surface area contributed by atoms with Crippen LogP contribution in [0.2, 0.25) is 0 Å². The molecule has 5 rings (SSSR count). The number of benzene rings is 1. The smallest absolute Gasteiger partial charge is 0.162 e. The summed E-state index contributed by atoms with van der Waals surface area (Å²) in [7, 11) is 3.29. The summed E-state index contributed by atoms with van der Waals surface area (Å²) in [4.78, 5) is 0. The van der Waals surface area contributed by atoms with E-state index >= 15 is 0 Å². The van der Waals surface area contributed by atoms with Crippen LogP contribution in [0.1, 0.15) is 44.1 Å². The van der Waals surface area contributed by atoms with E-state index < -0.39 is 0 Å². The Morgan fingerprint density at radius 3 is 2.00 bits per heavy atom. The van der Waals surface area contributed by atoms with Gasteiger partial charge in [0, 0.05) is 18.0 Å². The third kappa shape index (κ3) is 3.02. The van der Waals surface area contributed by atoms with Crippen molar-refractivity contribution in [2.45, 2.75) is 43.9 Å². The van der Waals surface area contributed by atoms with Crippen molar-refractivity contribution >= 4 is 5.69 Å². The summed E-state index contributed by atoms with van der Waals surface area (Å²) in [6.45, 7) is 0. The van der Waals surface area contributed by atoms with Crippen LogP contribution in [0.5, 0.6) is 11.5 Å². The Morgan fingerprint density at radius 2 is 1.52 bits per heavy atom. The second-order valence-electron chi connectivity index (χ2n) is 8.38. The van der Waals surface area contributed by atoms with Gasteiger partial charge in [0.25, 0.3) is 0 Å². The first kappa shape index (κ1) is 17.7. The Labute approximate surface area is 160 Å². The van der Waals surface area contributed by atoms with Crippen molar-refractivity contribution < 1.29 is 9.47 Å². The maximum absolute atomic E-state index is 9.06. The zero-order valence-electron chi connectivity index (χ0n) is 15.9. The Balaban J connectivity index is 1.80. The SMILES string of the molecule is COc1cc(NC=C(C#N)C#N)c(C23CC4CC(CC(C4)C2)C3)cc1OC. The van der Waals surface area contributed by atoms with Crippen molar-refractivity contribution in [3.05, 3.63) is 29.5 Å². The molecule has 4 saturated carbocycles. The number of nitrogens with zero attached hydrogens (tertiary/aromatic N) is 2. The molecule has 0 aromatic heterocycles. The third-order valence-corrected chi connectivity index (χ3v) is 6.75. The second-order valence-corrected chi connectivity index (χ2v) is 8.38. The number of anilines is 1. The predicted molar refractivity (Wildman–Crippen MR) is 102 cm³/mol. The molecule has 5 nitrogen and oxygen atoms in total. The van der Waals surface area contributed by atoms with E-state index in [4.69, 9.17) is 20.0 Å². The summed E-state index contributed by atoms with van der Waals surface area (Å²) >= 11 is 0. The maximum atomic E-state index is 9.06. The zero-order chi connectivity index (χ0) is 19.0. The molecule has 4 bridgehead atoms. The van der Waals surface area contributed by atoms with Crippen molar-refractivity contribution in [2.24, 2.45) is 17.8 Å². The zero-order valence-corrected chi connectivity index (χ0v) is 15.9. The lowest BCUT2D eigenvalue weighted by atomic mass is 9.48. The van der Waals surface area contributed by atoms with Crippen molar-refractivity contribution in [3.63, 3.8) is 0 Å². The maximum Gasteiger partial charge on any atom is 0.162 e. The standard InChI is InChI=1S/C22H25N3O2/c1-26-20-6-18(19(7-21(20)27-2)25-13-17(11-23)12-24)22-8-14-3-15(9-22)5-16(4-14)10-22/h6-7,13-16,25H,3-5,8-10H2,1-2H3. The van der Waals surface area contributed by atoms with E-state index in [1.807, 2.05) is 18.2 Å². The van der Waals surface area contributed by atoms with Gasteiger partial charge in [0.1, 0.15) is 17.7 Å². The Morgan fingerprint density at radius 1 is 1.00 bits per heavy atom. The molecule has 27 heavy (non-hydrogen) atoms. The highest BCUT2D eigenvalue weighted by Crippen LogP contribution is 2.62. The van der Waals surface area contributed by atoms with E-state index in [9.17, 15) is 0 Å². The first-order chi connectivity index (χ1) is 13.1. The predicted octanol–water partition coefficient (Wildman–Crippen LogP) is 4.51. The van der Waals surface area contributed by atoms with Crippen molar-refractivity contribution in [1.29, 1.82) is 10.5 Å². The highest BCUT2D eigenvalue weighted by atomic mass is 16.5. The van der Waals surface area contributed by atoms with Gasteiger partial charge in [-0.25, -0.2) is 0 Å². The summed E-state index contributed by atoms with van der Waals surface area (Å²) in [5.74, 6) is 3.85. The van der Waals surface area contributed by atoms with E-state index in [0.29, 0.717) is 5.75 Å². The Hall–Kier alpha value is -2.66. The number of methoxy groups -OCH3 is 2. The Bertz CT molecular complexity index is 808. The van der Waals surface area contributed by atoms with Gasteiger partial charge in [-0.1, -0.05) is 0 Å². The van der Waals surface area contributed by atoms with Gasteiger partial charge in [0.15, 0.2) is 11.5 Å². The highest BCUT2D eigenvalue weighted by Gasteiger charge is 2.52. The topological polar surface area (TPSA) is 78.1 Å². The molecule has 1 N–H and O–H groups in total. The van der Waals surface area contributed by atoms with Gasteiger partial charge in [0.2, 0.25) is 0 Å². The lowest BCUT2D eigenvalue weighted by Crippen LogP contribution is -2.48. The fourth-order valence-electron chi connectivity index (χ4n) is 6.12. The minimum atomic E-state index is 0.0567. The monoisotopic (exact) mass is 363 g/mol. The van der Waals surface area contributed by atoms with E-state index in [-0.39, 0.29) is 11.0 Å². The number of allylic oxidation sites excluding steroid dienone is 1. The van der Waals surface area contributed by atoms with Crippen molar-refractivity contribution in [1.82, 2.24) is 0 Å². The highest BCUT2D eigenvalue weighted by molar-refractivity contribution is 5.65. The molecule has 0 spiro atoms. The minimum Gasteiger partial charge on any atom is -0.493 e. The molecule has 0 radical (unpaired) electrons. The molecule has 0 saturated heterocycles. The summed E-state index contributed by atoms with van der Waals surface area (Å²) in [6, 6.07) is 7.87. The summed E-state index contributed by atoms with van der Waals surface area (Å²) in [5, 5.41) is 21.3. The first-order valence-electron chi connectivity index (χ1n) is 9.64. The summed E-state index contributed by atoms with van der Waals surface area (Å²) < 4.78 is 11.1. The summed E-state index contributed by atoms with van der Waals surface area (Å²) in [6.07, 6.45) is 9.28. The average Bonchev–Trinajstić information content (AvgIpc) is 2.67. The number of hydrogen-bond acceptors (Lipinski definition) is 5. The van der Waals surface area contributed by atoms with Crippen LogP contribution in [-0.4, -0.2) is 14.2 Å². The van der Waals surface area contributed by atoms with E-state index in [0.717, 1.165) is 29.2 Å². The molecule has 4 fully saturated rings. The molecular formula is C22H25N3O2. The van der Waals surface area contributed by atoms with Crippen LogP contribution in [0.15, 0.2) is 23.9 Å². The number of rotatable bonds is 5. The van der Waals surface area contributed by atoms with Gasteiger partial charge >= 0.3 is 0 Å². The molecule has 4 aliphatic rings. The molecular weight excluding hydrogens is 338 g/mol. The normalized spacial score (nSPS) is 30.1. The van der Waals surface area contributed by atoms with Crippen LogP contribution in [0.3, 0.4) is 0 Å². The Kier molecular flexibility index (Phi) is 4.48. The molecule has 1 aromatic rings. The minimum absolute atomic E-state index is 0.0567. The fourth-order valence-corrected chi connectivity index (χ4v) is 6.12. The molecule has 0 amide bonds. The summed E-state index contributed by atoms with van der Waals surface area (Å²) in [5.41, 5.74) is 2.37. The van der Waals surface area contributed by atoms with Gasteiger partial charge in [-0.2, -0.15) is 10.5 Å². The molecule has 5 heteroatoms. The quantitative estimate of drug-likeness (QED) is 0.779. The molecule has 1 aromatic carbocycles. The van der Waals surface area contributed by atoms with Crippen LogP contribution in [0.4, 0.5) is 5.69 Å². The molecule has 4 aliphatic carbocycles. The second kappa shape index (κ2) is 6.82. The van der Waals surface area contributed by atoms with Crippen LogP contribution in [-0.2, 0) is 5.41 Å².